The van der Waals surface area contributed by atoms with Crippen LogP contribution in [0.3, 0.4) is 0 Å². The van der Waals surface area contributed by atoms with E-state index in [9.17, 15) is 22.8 Å². The van der Waals surface area contributed by atoms with Crippen molar-refractivity contribution < 1.29 is 22.8 Å². The molecule has 0 aromatic heterocycles. The summed E-state index contributed by atoms with van der Waals surface area (Å²) >= 11 is 0. The average Bonchev–Trinajstić information content (AvgIpc) is 2.93. The third kappa shape index (κ3) is 9.75. The zero-order valence-electron chi connectivity index (χ0n) is 27.8. The second kappa shape index (κ2) is 15.0. The first-order chi connectivity index (χ1) is 20.3. The standard InChI is InChI=1S/C34H50N4O5S/c1-23(2)27(21-24(3)30(39)37-44(42,43)22-25-17-13-11-14-18-25)38(10)32(41)29(33(4,5)6)36-31(40)28(35-9)34(7,8)26-19-15-12-16-20-26/h11-21,23,27-29,35H,22H2,1-10H3,(H,36,40)(H,37,39)/t27-,28-,29-/m1/s1. The second-order valence-electron chi connectivity index (χ2n) is 13.3. The van der Waals surface area contributed by atoms with Crippen molar-refractivity contribution in [1.29, 1.82) is 0 Å². The number of carbonyl (C=O) groups is 3. The first kappa shape index (κ1) is 36.7. The van der Waals surface area contributed by atoms with Crippen molar-refractivity contribution in [2.45, 2.75) is 84.7 Å². The summed E-state index contributed by atoms with van der Waals surface area (Å²) < 4.78 is 27.4. The van der Waals surface area contributed by atoms with Gasteiger partial charge in [-0.15, -0.1) is 0 Å². The molecule has 0 unspecified atom stereocenters. The van der Waals surface area contributed by atoms with Gasteiger partial charge >= 0.3 is 0 Å². The Kier molecular flexibility index (Phi) is 12.5. The van der Waals surface area contributed by atoms with E-state index in [2.05, 4.69) is 15.4 Å². The van der Waals surface area contributed by atoms with Crippen molar-refractivity contribution in [3.05, 3.63) is 83.4 Å². The molecule has 0 bridgehead atoms. The van der Waals surface area contributed by atoms with Crippen molar-refractivity contribution in [2.24, 2.45) is 11.3 Å². The lowest BCUT2D eigenvalue weighted by Gasteiger charge is -2.40. The number of rotatable bonds is 13. The minimum Gasteiger partial charge on any atom is -0.342 e. The van der Waals surface area contributed by atoms with Gasteiger partial charge in [0, 0.05) is 18.0 Å². The Hall–Kier alpha value is -3.50. The molecule has 0 saturated carbocycles. The van der Waals surface area contributed by atoms with E-state index in [1.54, 1.807) is 50.5 Å². The second-order valence-corrected chi connectivity index (χ2v) is 15.0. The number of hydrogen-bond donors (Lipinski definition) is 3. The topological polar surface area (TPSA) is 125 Å². The molecule has 10 heteroatoms. The minimum absolute atomic E-state index is 0.119. The SMILES string of the molecule is CN[C@H](C(=O)N[C@H](C(=O)N(C)[C@H](C=C(C)C(=O)NS(=O)(=O)Cc1ccccc1)C(C)C)C(C)(C)C)C(C)(C)c1ccccc1. The molecule has 0 saturated heterocycles. The van der Waals surface area contributed by atoms with Gasteiger partial charge < -0.3 is 15.5 Å². The third-order valence-corrected chi connectivity index (χ3v) is 9.10. The Balaban J connectivity index is 2.29. The molecule has 3 atom stereocenters. The average molecular weight is 627 g/mol. The molecule has 2 aromatic rings. The molecule has 0 heterocycles. The van der Waals surface area contributed by atoms with Crippen molar-refractivity contribution in [3.8, 4) is 0 Å². The summed E-state index contributed by atoms with van der Waals surface area (Å²) in [6.07, 6.45) is 1.60. The first-order valence-corrected chi connectivity index (χ1v) is 16.5. The van der Waals surface area contributed by atoms with E-state index >= 15 is 0 Å². The summed E-state index contributed by atoms with van der Waals surface area (Å²) in [6.45, 7) is 15.0. The molecule has 0 aliphatic heterocycles. The fourth-order valence-corrected chi connectivity index (χ4v) is 6.36. The van der Waals surface area contributed by atoms with Crippen LogP contribution in [-0.4, -0.2) is 63.3 Å². The molecule has 0 radical (unpaired) electrons. The lowest BCUT2D eigenvalue weighted by Crippen LogP contribution is -2.61. The van der Waals surface area contributed by atoms with Gasteiger partial charge in [-0.1, -0.05) is 115 Å². The van der Waals surface area contributed by atoms with Crippen LogP contribution in [0.15, 0.2) is 72.3 Å². The van der Waals surface area contributed by atoms with Crippen LogP contribution >= 0.6 is 0 Å². The van der Waals surface area contributed by atoms with E-state index in [0.29, 0.717) is 5.56 Å². The molecule has 0 fully saturated rings. The fourth-order valence-electron chi connectivity index (χ4n) is 5.21. The van der Waals surface area contributed by atoms with Crippen molar-refractivity contribution in [1.82, 2.24) is 20.3 Å². The summed E-state index contributed by atoms with van der Waals surface area (Å²) in [7, 11) is -0.576. The molecule has 0 aliphatic rings. The Morgan fingerprint density at radius 1 is 0.886 bits per heavy atom. The van der Waals surface area contributed by atoms with Gasteiger partial charge in [0.05, 0.1) is 17.8 Å². The zero-order chi connectivity index (χ0) is 33.5. The smallest absolute Gasteiger partial charge is 0.260 e. The highest BCUT2D eigenvalue weighted by Gasteiger charge is 2.41. The maximum atomic E-state index is 14.1. The molecule has 2 rings (SSSR count). The van der Waals surface area contributed by atoms with Crippen LogP contribution in [0, 0.1) is 11.3 Å². The zero-order valence-corrected chi connectivity index (χ0v) is 28.6. The van der Waals surface area contributed by atoms with Gasteiger partial charge in [0.1, 0.15) is 6.04 Å². The quantitative estimate of drug-likeness (QED) is 0.287. The van der Waals surface area contributed by atoms with E-state index in [4.69, 9.17) is 0 Å². The fraction of sp³-hybridized carbons (Fsp3) is 0.500. The first-order valence-electron chi connectivity index (χ1n) is 14.9. The predicted octanol–water partition coefficient (Wildman–Crippen LogP) is 4.16. The number of likely N-dealkylation sites (N-methyl/N-ethyl adjacent to an activating group) is 2. The Bertz CT molecular complexity index is 1410. The largest absolute Gasteiger partial charge is 0.342 e. The predicted molar refractivity (Wildman–Crippen MR) is 176 cm³/mol. The van der Waals surface area contributed by atoms with Crippen LogP contribution in [0.5, 0.6) is 0 Å². The van der Waals surface area contributed by atoms with Crippen molar-refractivity contribution in [3.63, 3.8) is 0 Å². The lowest BCUT2D eigenvalue weighted by atomic mass is 9.76. The Morgan fingerprint density at radius 2 is 1.41 bits per heavy atom. The van der Waals surface area contributed by atoms with Gasteiger partial charge in [-0.25, -0.2) is 13.1 Å². The molecule has 3 amide bonds. The van der Waals surface area contributed by atoms with Crippen LogP contribution in [0.1, 0.15) is 66.5 Å². The number of hydrogen-bond acceptors (Lipinski definition) is 6. The van der Waals surface area contributed by atoms with Gasteiger partial charge in [-0.2, -0.15) is 0 Å². The number of carbonyl (C=O) groups excluding carboxylic acids is 3. The highest BCUT2D eigenvalue weighted by molar-refractivity contribution is 7.89. The summed E-state index contributed by atoms with van der Waals surface area (Å²) in [4.78, 5) is 42.2. The Morgan fingerprint density at radius 3 is 1.89 bits per heavy atom. The number of nitrogens with one attached hydrogen (secondary N) is 3. The lowest BCUT2D eigenvalue weighted by molar-refractivity contribution is -0.140. The van der Waals surface area contributed by atoms with Crippen LogP contribution in [0.25, 0.3) is 0 Å². The van der Waals surface area contributed by atoms with Gasteiger partial charge in [0.15, 0.2) is 0 Å². The number of amides is 3. The summed E-state index contributed by atoms with van der Waals surface area (Å²) in [5, 5.41) is 6.16. The Labute approximate surface area is 263 Å². The van der Waals surface area contributed by atoms with Gasteiger partial charge in [-0.3, -0.25) is 14.4 Å². The van der Waals surface area contributed by atoms with Crippen LogP contribution < -0.4 is 15.4 Å². The molecular formula is C34H50N4O5S. The minimum atomic E-state index is -3.94. The van der Waals surface area contributed by atoms with Gasteiger partial charge in [0.25, 0.3) is 5.91 Å². The summed E-state index contributed by atoms with van der Waals surface area (Å²) in [5.41, 5.74) is 0.486. The summed E-state index contributed by atoms with van der Waals surface area (Å²) in [5.74, 6) is -1.84. The molecule has 0 aliphatic carbocycles. The van der Waals surface area contributed by atoms with E-state index in [-0.39, 0.29) is 29.1 Å². The molecular weight excluding hydrogens is 576 g/mol. The van der Waals surface area contributed by atoms with Crippen molar-refractivity contribution in [2.75, 3.05) is 14.1 Å². The van der Waals surface area contributed by atoms with E-state index in [1.807, 2.05) is 78.8 Å². The van der Waals surface area contributed by atoms with E-state index < -0.39 is 44.9 Å². The number of benzene rings is 2. The maximum absolute atomic E-state index is 14.1. The molecule has 44 heavy (non-hydrogen) atoms. The molecule has 0 spiro atoms. The molecule has 9 nitrogen and oxygen atoms in total. The third-order valence-electron chi connectivity index (χ3n) is 7.89. The van der Waals surface area contributed by atoms with Crippen LogP contribution in [0.2, 0.25) is 0 Å². The highest BCUT2D eigenvalue weighted by Crippen LogP contribution is 2.29. The molecule has 2 aromatic carbocycles. The van der Waals surface area contributed by atoms with E-state index in [1.165, 1.54) is 11.8 Å². The highest BCUT2D eigenvalue weighted by atomic mass is 32.2. The van der Waals surface area contributed by atoms with Crippen molar-refractivity contribution >= 4 is 27.7 Å². The maximum Gasteiger partial charge on any atom is 0.260 e. The normalized spacial score (nSPS) is 14.8. The monoisotopic (exact) mass is 626 g/mol. The molecule has 3 N–H and O–H groups in total. The number of nitrogens with zero attached hydrogens (tertiary/aromatic N) is 1. The van der Waals surface area contributed by atoms with Gasteiger partial charge in [0.2, 0.25) is 21.8 Å². The van der Waals surface area contributed by atoms with E-state index in [0.717, 1.165) is 5.56 Å². The summed E-state index contributed by atoms with van der Waals surface area (Å²) in [6, 6.07) is 16.3. The van der Waals surface area contributed by atoms with Crippen LogP contribution in [-0.2, 0) is 35.6 Å². The number of sulfonamides is 1. The van der Waals surface area contributed by atoms with Gasteiger partial charge in [-0.05, 0) is 36.4 Å². The van der Waals surface area contributed by atoms with Crippen LogP contribution in [0.4, 0.5) is 0 Å². The molecule has 242 valence electrons.